The number of hydrogen-bond donors (Lipinski definition) is 1. The fraction of sp³-hybridized carbons (Fsp3) is 0.917. The van der Waals surface area contributed by atoms with Crippen molar-refractivity contribution >= 4 is 5.91 Å². The minimum atomic E-state index is -0.0356. The van der Waals surface area contributed by atoms with E-state index in [1.807, 2.05) is 7.05 Å². The average Bonchev–Trinajstić information content (AvgIpc) is 2.24. The van der Waals surface area contributed by atoms with Crippen LogP contribution in [0.15, 0.2) is 0 Å². The van der Waals surface area contributed by atoms with Crippen molar-refractivity contribution in [1.82, 2.24) is 10.2 Å². The Kier molecular flexibility index (Phi) is 3.29. The number of amides is 1. The first-order chi connectivity index (χ1) is 7.28. The van der Waals surface area contributed by atoms with Gasteiger partial charge in [-0.25, -0.2) is 0 Å². The molecule has 1 heterocycles. The molecule has 86 valence electrons. The van der Waals surface area contributed by atoms with Crippen molar-refractivity contribution in [2.24, 2.45) is 5.41 Å². The lowest BCUT2D eigenvalue weighted by atomic mass is 9.67. The summed E-state index contributed by atoms with van der Waals surface area (Å²) < 4.78 is 0. The Morgan fingerprint density at radius 3 is 2.33 bits per heavy atom. The lowest BCUT2D eigenvalue weighted by molar-refractivity contribution is -0.148. The van der Waals surface area contributed by atoms with Crippen LogP contribution in [0.5, 0.6) is 0 Å². The molecule has 0 atom stereocenters. The van der Waals surface area contributed by atoms with Crippen molar-refractivity contribution in [3.63, 3.8) is 0 Å². The van der Waals surface area contributed by atoms with E-state index in [2.05, 4.69) is 10.2 Å². The predicted molar refractivity (Wildman–Crippen MR) is 60.6 cm³/mol. The monoisotopic (exact) mass is 210 g/mol. The van der Waals surface area contributed by atoms with Crippen molar-refractivity contribution in [3.8, 4) is 0 Å². The van der Waals surface area contributed by atoms with Crippen LogP contribution < -0.4 is 5.32 Å². The second kappa shape index (κ2) is 4.52. The van der Waals surface area contributed by atoms with E-state index in [1.54, 1.807) is 0 Å². The van der Waals surface area contributed by atoms with Gasteiger partial charge in [-0.3, -0.25) is 4.79 Å². The molecule has 1 aliphatic carbocycles. The minimum Gasteiger partial charge on any atom is -0.342 e. The lowest BCUT2D eigenvalue weighted by Crippen LogP contribution is -2.53. The summed E-state index contributed by atoms with van der Waals surface area (Å²) in [5.74, 6) is 0.419. The number of piperidine rings is 1. The number of rotatable bonds is 3. The highest BCUT2D eigenvalue weighted by Gasteiger charge is 2.45. The van der Waals surface area contributed by atoms with Gasteiger partial charge in [-0.05, 0) is 39.2 Å². The summed E-state index contributed by atoms with van der Waals surface area (Å²) in [5, 5.41) is 3.18. The minimum absolute atomic E-state index is 0.0356. The van der Waals surface area contributed by atoms with Crippen LogP contribution in [0.4, 0.5) is 0 Å². The first-order valence-corrected chi connectivity index (χ1v) is 6.22. The van der Waals surface area contributed by atoms with E-state index in [9.17, 15) is 4.79 Å². The number of carbonyl (C=O) groups is 1. The SMILES string of the molecule is CNCC1(C(=O)N2CCCCC2)CCC1. The molecule has 1 aliphatic heterocycles. The van der Waals surface area contributed by atoms with Gasteiger partial charge in [-0.15, -0.1) is 0 Å². The van der Waals surface area contributed by atoms with Gasteiger partial charge in [0.15, 0.2) is 0 Å². The van der Waals surface area contributed by atoms with Crippen LogP contribution in [-0.4, -0.2) is 37.5 Å². The lowest BCUT2D eigenvalue weighted by Gasteiger charge is -2.44. The molecule has 1 amide bonds. The summed E-state index contributed by atoms with van der Waals surface area (Å²) in [6, 6.07) is 0. The second-order valence-corrected chi connectivity index (χ2v) is 5.02. The van der Waals surface area contributed by atoms with Gasteiger partial charge in [0, 0.05) is 19.6 Å². The van der Waals surface area contributed by atoms with Gasteiger partial charge in [-0.2, -0.15) is 0 Å². The molecule has 0 spiro atoms. The maximum Gasteiger partial charge on any atom is 0.230 e. The van der Waals surface area contributed by atoms with E-state index in [0.717, 1.165) is 32.5 Å². The second-order valence-electron chi connectivity index (χ2n) is 5.02. The maximum atomic E-state index is 12.4. The predicted octanol–water partition coefficient (Wildman–Crippen LogP) is 1.39. The van der Waals surface area contributed by atoms with Crippen LogP contribution in [0.25, 0.3) is 0 Å². The maximum absolute atomic E-state index is 12.4. The highest BCUT2D eigenvalue weighted by Crippen LogP contribution is 2.42. The molecular formula is C12H22N2O. The molecule has 1 saturated heterocycles. The van der Waals surface area contributed by atoms with E-state index < -0.39 is 0 Å². The zero-order valence-corrected chi connectivity index (χ0v) is 9.72. The third-order valence-corrected chi connectivity index (χ3v) is 3.92. The fourth-order valence-corrected chi connectivity index (χ4v) is 2.84. The number of nitrogens with zero attached hydrogens (tertiary/aromatic N) is 1. The molecule has 1 saturated carbocycles. The average molecular weight is 210 g/mol. The van der Waals surface area contributed by atoms with Crippen LogP contribution in [-0.2, 0) is 4.79 Å². The smallest absolute Gasteiger partial charge is 0.230 e. The summed E-state index contributed by atoms with van der Waals surface area (Å²) in [6.07, 6.45) is 7.08. The Morgan fingerprint density at radius 2 is 1.87 bits per heavy atom. The van der Waals surface area contributed by atoms with E-state index in [1.165, 1.54) is 25.7 Å². The van der Waals surface area contributed by atoms with Gasteiger partial charge in [0.2, 0.25) is 5.91 Å². The highest BCUT2D eigenvalue weighted by molar-refractivity contribution is 5.84. The van der Waals surface area contributed by atoms with Crippen LogP contribution in [0.2, 0.25) is 0 Å². The van der Waals surface area contributed by atoms with E-state index in [0.29, 0.717) is 5.91 Å². The zero-order chi connectivity index (χ0) is 10.7. The Morgan fingerprint density at radius 1 is 1.20 bits per heavy atom. The van der Waals surface area contributed by atoms with Crippen LogP contribution in [0, 0.1) is 5.41 Å². The molecule has 0 radical (unpaired) electrons. The number of likely N-dealkylation sites (tertiary alicyclic amines) is 1. The molecule has 0 aromatic heterocycles. The number of hydrogen-bond acceptors (Lipinski definition) is 2. The quantitative estimate of drug-likeness (QED) is 0.763. The van der Waals surface area contributed by atoms with Crippen molar-refractivity contribution in [3.05, 3.63) is 0 Å². The third-order valence-electron chi connectivity index (χ3n) is 3.92. The summed E-state index contributed by atoms with van der Waals surface area (Å²) in [5.41, 5.74) is -0.0356. The van der Waals surface area contributed by atoms with Crippen LogP contribution in [0.1, 0.15) is 38.5 Å². The molecule has 0 aromatic carbocycles. The molecule has 2 aliphatic rings. The molecule has 3 nitrogen and oxygen atoms in total. The molecule has 0 bridgehead atoms. The molecule has 15 heavy (non-hydrogen) atoms. The van der Waals surface area contributed by atoms with Crippen LogP contribution in [0.3, 0.4) is 0 Å². The highest BCUT2D eigenvalue weighted by atomic mass is 16.2. The summed E-state index contributed by atoms with van der Waals surface area (Å²) in [6.45, 7) is 2.84. The largest absolute Gasteiger partial charge is 0.342 e. The molecule has 3 heteroatoms. The number of nitrogens with one attached hydrogen (secondary N) is 1. The van der Waals surface area contributed by atoms with Gasteiger partial charge >= 0.3 is 0 Å². The normalized spacial score (nSPS) is 24.7. The van der Waals surface area contributed by atoms with Gasteiger partial charge < -0.3 is 10.2 Å². The standard InChI is InChI=1S/C12H22N2O/c1-13-10-12(6-5-7-12)11(15)14-8-3-2-4-9-14/h13H,2-10H2,1H3. The van der Waals surface area contributed by atoms with Crippen molar-refractivity contribution in [2.75, 3.05) is 26.7 Å². The van der Waals surface area contributed by atoms with Crippen molar-refractivity contribution in [1.29, 1.82) is 0 Å². The Labute approximate surface area is 92.2 Å². The molecular weight excluding hydrogens is 188 g/mol. The van der Waals surface area contributed by atoms with Gasteiger partial charge in [0.25, 0.3) is 0 Å². The van der Waals surface area contributed by atoms with Gasteiger partial charge in [0.05, 0.1) is 5.41 Å². The van der Waals surface area contributed by atoms with Crippen molar-refractivity contribution < 1.29 is 4.79 Å². The molecule has 1 N–H and O–H groups in total. The van der Waals surface area contributed by atoms with Crippen molar-refractivity contribution in [2.45, 2.75) is 38.5 Å². The summed E-state index contributed by atoms with van der Waals surface area (Å²) in [7, 11) is 1.95. The number of carbonyl (C=O) groups excluding carboxylic acids is 1. The topological polar surface area (TPSA) is 32.3 Å². The Bertz CT molecular complexity index is 230. The van der Waals surface area contributed by atoms with E-state index in [4.69, 9.17) is 0 Å². The molecule has 0 aromatic rings. The first kappa shape index (κ1) is 10.9. The summed E-state index contributed by atoms with van der Waals surface area (Å²) in [4.78, 5) is 14.5. The van der Waals surface area contributed by atoms with Gasteiger partial charge in [0.1, 0.15) is 0 Å². The van der Waals surface area contributed by atoms with Gasteiger partial charge in [-0.1, -0.05) is 6.42 Å². The molecule has 0 unspecified atom stereocenters. The van der Waals surface area contributed by atoms with Crippen LogP contribution >= 0.6 is 0 Å². The Balaban J connectivity index is 1.97. The zero-order valence-electron chi connectivity index (χ0n) is 9.72. The van der Waals surface area contributed by atoms with E-state index >= 15 is 0 Å². The fourth-order valence-electron chi connectivity index (χ4n) is 2.84. The Hall–Kier alpha value is -0.570. The third kappa shape index (κ3) is 2.03. The summed E-state index contributed by atoms with van der Waals surface area (Å²) >= 11 is 0. The first-order valence-electron chi connectivity index (χ1n) is 6.22. The molecule has 2 fully saturated rings. The molecule has 2 rings (SSSR count). The van der Waals surface area contributed by atoms with E-state index in [-0.39, 0.29) is 5.41 Å².